The highest BCUT2D eigenvalue weighted by Crippen LogP contribution is 2.18. The minimum atomic E-state index is -0.00924. The largest absolute Gasteiger partial charge is 0.377 e. The average Bonchev–Trinajstić information content (AvgIpc) is 3.00. The van der Waals surface area contributed by atoms with Gasteiger partial charge in [0.2, 0.25) is 5.91 Å². The lowest BCUT2D eigenvalue weighted by Gasteiger charge is -2.11. The molecule has 0 atom stereocenters. The molecule has 0 aliphatic carbocycles. The smallest absolute Gasteiger partial charge is 0.224 e. The Labute approximate surface area is 166 Å². The zero-order valence-corrected chi connectivity index (χ0v) is 16.7. The topological polar surface area (TPSA) is 56.1 Å². The Bertz CT molecular complexity index is 932. The van der Waals surface area contributed by atoms with Gasteiger partial charge in [-0.25, -0.2) is 4.68 Å². The van der Waals surface area contributed by atoms with Crippen LogP contribution < -0.4 is 5.32 Å². The van der Waals surface area contributed by atoms with Crippen LogP contribution in [0.3, 0.4) is 0 Å². The van der Waals surface area contributed by atoms with E-state index in [-0.39, 0.29) is 5.91 Å². The van der Waals surface area contributed by atoms with Gasteiger partial charge in [0.05, 0.1) is 24.4 Å². The number of ether oxygens (including phenoxy) is 1. The lowest BCUT2D eigenvalue weighted by Crippen LogP contribution is -2.25. The molecular formula is C23H27N3O2. The van der Waals surface area contributed by atoms with E-state index in [2.05, 4.69) is 10.4 Å². The number of amides is 1. The molecule has 0 spiro atoms. The molecule has 1 amide bonds. The summed E-state index contributed by atoms with van der Waals surface area (Å²) >= 11 is 0. The van der Waals surface area contributed by atoms with E-state index in [1.54, 1.807) is 0 Å². The molecule has 5 nitrogen and oxygen atoms in total. The monoisotopic (exact) mass is 377 g/mol. The van der Waals surface area contributed by atoms with Crippen LogP contribution >= 0.6 is 0 Å². The summed E-state index contributed by atoms with van der Waals surface area (Å²) in [5.41, 5.74) is 6.04. The molecule has 146 valence electrons. The maximum Gasteiger partial charge on any atom is 0.224 e. The van der Waals surface area contributed by atoms with E-state index in [1.807, 2.05) is 80.1 Å². The normalized spacial score (nSPS) is 10.8. The minimum absolute atomic E-state index is 0.00924. The molecule has 0 unspecified atom stereocenters. The van der Waals surface area contributed by atoms with Crippen LogP contribution in [0.15, 0.2) is 54.6 Å². The van der Waals surface area contributed by atoms with Crippen molar-refractivity contribution in [3.05, 3.63) is 82.7 Å². The van der Waals surface area contributed by atoms with Gasteiger partial charge in [-0.15, -0.1) is 0 Å². The Hall–Kier alpha value is -2.92. The van der Waals surface area contributed by atoms with Crippen molar-refractivity contribution in [2.24, 2.45) is 0 Å². The van der Waals surface area contributed by atoms with Crippen LogP contribution in [0.5, 0.6) is 0 Å². The van der Waals surface area contributed by atoms with E-state index >= 15 is 0 Å². The van der Waals surface area contributed by atoms with Crippen molar-refractivity contribution in [3.63, 3.8) is 0 Å². The summed E-state index contributed by atoms with van der Waals surface area (Å²) in [6.45, 7) is 7.66. The van der Waals surface area contributed by atoms with Gasteiger partial charge in [-0.1, -0.05) is 42.5 Å². The Morgan fingerprint density at radius 3 is 2.43 bits per heavy atom. The number of aryl methyl sites for hydroxylation is 1. The first-order valence-corrected chi connectivity index (χ1v) is 9.62. The number of aromatic nitrogens is 2. The van der Waals surface area contributed by atoms with E-state index in [9.17, 15) is 4.79 Å². The Morgan fingerprint density at radius 2 is 1.71 bits per heavy atom. The van der Waals surface area contributed by atoms with Crippen LogP contribution in [0.1, 0.15) is 35.0 Å². The third-order valence-electron chi connectivity index (χ3n) is 4.84. The fourth-order valence-electron chi connectivity index (χ4n) is 3.25. The van der Waals surface area contributed by atoms with E-state index in [1.165, 1.54) is 0 Å². The molecule has 2 aromatic carbocycles. The molecule has 0 radical (unpaired) electrons. The third kappa shape index (κ3) is 4.67. The van der Waals surface area contributed by atoms with Gasteiger partial charge in [0, 0.05) is 24.4 Å². The molecule has 1 N–H and O–H groups in total. The van der Waals surface area contributed by atoms with Crippen molar-refractivity contribution >= 4 is 5.91 Å². The van der Waals surface area contributed by atoms with Crippen molar-refractivity contribution in [3.8, 4) is 5.69 Å². The fourth-order valence-corrected chi connectivity index (χ4v) is 3.25. The van der Waals surface area contributed by atoms with Crippen LogP contribution in [0.4, 0.5) is 0 Å². The van der Waals surface area contributed by atoms with Crippen molar-refractivity contribution in [2.75, 3.05) is 6.61 Å². The first-order chi connectivity index (χ1) is 13.6. The van der Waals surface area contributed by atoms with E-state index in [0.29, 0.717) is 26.2 Å². The van der Waals surface area contributed by atoms with Crippen molar-refractivity contribution in [1.82, 2.24) is 15.1 Å². The van der Waals surface area contributed by atoms with E-state index < -0.39 is 0 Å². The van der Waals surface area contributed by atoms with Gasteiger partial charge in [-0.2, -0.15) is 5.10 Å². The second kappa shape index (κ2) is 9.33. The fraction of sp³-hybridized carbons (Fsp3) is 0.304. The molecule has 3 aromatic rings. The Kier molecular flexibility index (Phi) is 6.61. The highest BCUT2D eigenvalue weighted by Gasteiger charge is 2.16. The number of para-hydroxylation sites is 1. The number of nitrogens with one attached hydrogen (secondary N) is 1. The zero-order valence-electron chi connectivity index (χ0n) is 16.7. The highest BCUT2D eigenvalue weighted by molar-refractivity contribution is 5.79. The molecule has 0 saturated carbocycles. The summed E-state index contributed by atoms with van der Waals surface area (Å²) in [5, 5.41) is 7.66. The summed E-state index contributed by atoms with van der Waals surface area (Å²) < 4.78 is 7.41. The van der Waals surface area contributed by atoms with Crippen molar-refractivity contribution in [2.45, 2.75) is 40.3 Å². The second-order valence-electron chi connectivity index (χ2n) is 6.76. The molecule has 3 rings (SSSR count). The van der Waals surface area contributed by atoms with Gasteiger partial charge >= 0.3 is 0 Å². The minimum Gasteiger partial charge on any atom is -0.377 e. The van der Waals surface area contributed by atoms with Crippen molar-refractivity contribution in [1.29, 1.82) is 0 Å². The number of rotatable bonds is 8. The van der Waals surface area contributed by atoms with E-state index in [4.69, 9.17) is 4.74 Å². The molecule has 0 fully saturated rings. The summed E-state index contributed by atoms with van der Waals surface area (Å²) in [6.07, 6.45) is 0.318. The lowest BCUT2D eigenvalue weighted by molar-refractivity contribution is -0.120. The summed E-state index contributed by atoms with van der Waals surface area (Å²) in [5.74, 6) is -0.00924. The number of hydrogen-bond donors (Lipinski definition) is 1. The van der Waals surface area contributed by atoms with Crippen molar-refractivity contribution < 1.29 is 9.53 Å². The average molecular weight is 377 g/mol. The molecule has 0 bridgehead atoms. The maximum absolute atomic E-state index is 12.6. The van der Waals surface area contributed by atoms with Crippen LogP contribution in [-0.4, -0.2) is 22.3 Å². The summed E-state index contributed by atoms with van der Waals surface area (Å²) in [6, 6.07) is 18.0. The number of hydrogen-bond acceptors (Lipinski definition) is 3. The van der Waals surface area contributed by atoms with Crippen LogP contribution in [0.25, 0.3) is 5.69 Å². The predicted octanol–water partition coefficient (Wildman–Crippen LogP) is 3.88. The van der Waals surface area contributed by atoms with Gasteiger partial charge < -0.3 is 10.1 Å². The van der Waals surface area contributed by atoms with Gasteiger partial charge in [0.25, 0.3) is 0 Å². The summed E-state index contributed by atoms with van der Waals surface area (Å²) in [4.78, 5) is 12.6. The molecular weight excluding hydrogens is 350 g/mol. The number of nitrogens with zero attached hydrogens (tertiary/aromatic N) is 2. The molecule has 1 heterocycles. The first-order valence-electron chi connectivity index (χ1n) is 9.62. The Morgan fingerprint density at radius 1 is 1.04 bits per heavy atom. The molecule has 0 saturated heterocycles. The molecule has 0 aliphatic rings. The van der Waals surface area contributed by atoms with Gasteiger partial charge in [0.1, 0.15) is 0 Å². The molecule has 0 aliphatic heterocycles. The maximum atomic E-state index is 12.6. The number of carbonyl (C=O) groups is 1. The predicted molar refractivity (Wildman–Crippen MR) is 110 cm³/mol. The third-order valence-corrected chi connectivity index (χ3v) is 4.84. The van der Waals surface area contributed by atoms with Crippen LogP contribution in [0.2, 0.25) is 0 Å². The first kappa shape index (κ1) is 19.8. The lowest BCUT2D eigenvalue weighted by atomic mass is 10.1. The van der Waals surface area contributed by atoms with Gasteiger partial charge in [-0.3, -0.25) is 4.79 Å². The number of benzene rings is 2. The zero-order chi connectivity index (χ0) is 19.9. The quantitative estimate of drug-likeness (QED) is 0.648. The standard InChI is InChI=1S/C23H27N3O2/c1-4-28-16-20-11-9-8-10-19(20)15-24-23(27)14-22-17(2)25-26(18(22)3)21-12-6-5-7-13-21/h5-13H,4,14-16H2,1-3H3,(H,24,27). The van der Waals surface area contributed by atoms with Crippen LogP contribution in [0, 0.1) is 13.8 Å². The molecule has 5 heteroatoms. The van der Waals surface area contributed by atoms with Crippen LogP contribution in [-0.2, 0) is 29.1 Å². The summed E-state index contributed by atoms with van der Waals surface area (Å²) in [7, 11) is 0. The molecule has 28 heavy (non-hydrogen) atoms. The van der Waals surface area contributed by atoms with Gasteiger partial charge in [0.15, 0.2) is 0 Å². The Balaban J connectivity index is 1.67. The molecule has 1 aromatic heterocycles. The SMILES string of the molecule is CCOCc1ccccc1CNC(=O)Cc1c(C)nn(-c2ccccc2)c1C. The van der Waals surface area contributed by atoms with Gasteiger partial charge in [-0.05, 0) is 44.0 Å². The van der Waals surface area contributed by atoms with E-state index in [0.717, 1.165) is 33.8 Å². The second-order valence-corrected chi connectivity index (χ2v) is 6.76. The number of carbonyl (C=O) groups excluding carboxylic acids is 1. The highest BCUT2D eigenvalue weighted by atomic mass is 16.5.